The second-order valence-corrected chi connectivity index (χ2v) is 8.75. The summed E-state index contributed by atoms with van der Waals surface area (Å²) in [7, 11) is 0. The molecule has 0 aliphatic carbocycles. The second kappa shape index (κ2) is 10.3. The quantitative estimate of drug-likeness (QED) is 0.496. The van der Waals surface area contributed by atoms with Crippen molar-refractivity contribution in [3.8, 4) is 17.7 Å². The highest BCUT2D eigenvalue weighted by Crippen LogP contribution is 2.35. The van der Waals surface area contributed by atoms with E-state index in [1.165, 1.54) is 6.33 Å². The minimum Gasteiger partial charge on any atom is -0.434 e. The van der Waals surface area contributed by atoms with Crippen molar-refractivity contribution in [1.29, 1.82) is 5.26 Å². The number of aryl methyl sites for hydroxylation is 1. The highest BCUT2D eigenvalue weighted by Gasteiger charge is 2.26. The molecule has 1 aliphatic rings. The molecule has 0 radical (unpaired) electrons. The van der Waals surface area contributed by atoms with Crippen molar-refractivity contribution >= 4 is 10.9 Å². The monoisotopic (exact) mass is 475 g/mol. The molecule has 0 spiro atoms. The van der Waals surface area contributed by atoms with Gasteiger partial charge in [0.1, 0.15) is 18.0 Å². The molecule has 2 aromatic heterocycles. The molecule has 1 aliphatic heterocycles. The number of fused-ring (bicyclic) bond motifs is 1. The van der Waals surface area contributed by atoms with Gasteiger partial charge in [0, 0.05) is 49.0 Å². The number of benzene rings is 1. The van der Waals surface area contributed by atoms with Crippen LogP contribution < -0.4 is 15.8 Å². The summed E-state index contributed by atoms with van der Waals surface area (Å²) in [6.45, 7) is 13.0. The Morgan fingerprint density at radius 1 is 1.31 bits per heavy atom. The van der Waals surface area contributed by atoms with Gasteiger partial charge < -0.3 is 25.3 Å². The summed E-state index contributed by atoms with van der Waals surface area (Å²) in [6.07, 6.45) is 4.78. The first-order valence-electron chi connectivity index (χ1n) is 11.6. The second-order valence-electron chi connectivity index (χ2n) is 8.75. The molecule has 1 unspecified atom stereocenters. The topological polar surface area (TPSA) is 105 Å². The first kappa shape index (κ1) is 24.4. The number of hydrogen-bond acceptors (Lipinski definition) is 7. The van der Waals surface area contributed by atoms with E-state index in [0.29, 0.717) is 11.1 Å². The third kappa shape index (κ3) is 4.63. The lowest BCUT2D eigenvalue weighted by Gasteiger charge is -2.34. The van der Waals surface area contributed by atoms with Crippen molar-refractivity contribution in [2.24, 2.45) is 5.73 Å². The predicted molar refractivity (Wildman–Crippen MR) is 133 cm³/mol. The number of allylic oxidation sites excluding steroid dienone is 2. The van der Waals surface area contributed by atoms with Gasteiger partial charge in [-0.2, -0.15) is 5.26 Å². The van der Waals surface area contributed by atoms with Crippen LogP contribution in [0.15, 0.2) is 49.0 Å². The number of aromatic nitrogens is 3. The van der Waals surface area contributed by atoms with Gasteiger partial charge in [-0.25, -0.2) is 14.4 Å². The average Bonchev–Trinajstić information content (AvgIpc) is 3.21. The maximum Gasteiger partial charge on any atom is 0.240 e. The van der Waals surface area contributed by atoms with E-state index >= 15 is 4.39 Å². The van der Waals surface area contributed by atoms with Crippen LogP contribution in [0.25, 0.3) is 10.9 Å². The molecule has 8 nitrogen and oxygen atoms in total. The number of ether oxygens (including phenoxy) is 1. The maximum absolute atomic E-state index is 15.5. The van der Waals surface area contributed by atoms with Gasteiger partial charge in [0.25, 0.3) is 0 Å². The number of halogens is 1. The smallest absolute Gasteiger partial charge is 0.240 e. The van der Waals surface area contributed by atoms with Gasteiger partial charge in [0.2, 0.25) is 5.88 Å². The number of hydrogen-bond donors (Lipinski definition) is 2. The molecule has 0 amide bonds. The van der Waals surface area contributed by atoms with Gasteiger partial charge in [0.05, 0.1) is 17.3 Å². The molecule has 182 valence electrons. The van der Waals surface area contributed by atoms with Gasteiger partial charge in [-0.15, -0.1) is 0 Å². The largest absolute Gasteiger partial charge is 0.434 e. The van der Waals surface area contributed by atoms with E-state index in [1.54, 1.807) is 18.2 Å². The molecule has 0 bridgehead atoms. The molecule has 0 saturated carbocycles. The molecule has 35 heavy (non-hydrogen) atoms. The van der Waals surface area contributed by atoms with E-state index in [2.05, 4.69) is 51.2 Å². The van der Waals surface area contributed by atoms with Crippen molar-refractivity contribution in [2.75, 3.05) is 26.2 Å². The first-order valence-corrected chi connectivity index (χ1v) is 11.6. The van der Waals surface area contributed by atoms with Gasteiger partial charge in [-0.3, -0.25) is 0 Å². The maximum atomic E-state index is 15.5. The zero-order valence-corrected chi connectivity index (χ0v) is 20.3. The van der Waals surface area contributed by atoms with E-state index in [-0.39, 0.29) is 23.2 Å². The Balaban J connectivity index is 1.72. The summed E-state index contributed by atoms with van der Waals surface area (Å²) < 4.78 is 23.4. The number of nitriles is 1. The zero-order valence-electron chi connectivity index (χ0n) is 20.3. The highest BCUT2D eigenvalue weighted by atomic mass is 19.1. The molecule has 3 heterocycles. The summed E-state index contributed by atoms with van der Waals surface area (Å²) >= 11 is 0. The predicted octanol–water partition coefficient (Wildman–Crippen LogP) is 4.10. The number of nitrogens with two attached hydrogens (primary N) is 1. The number of rotatable bonds is 7. The standard InChI is InChI=1S/C26H30FN7O/c1-5-6-21(33-11-9-30-10-12-33)24(29)25-19(14-28)26(32-15-31-25)35-22-8-7-20-18(23(22)27)13-17(4)34(20)16(2)3/h5-8,13,15-16,24,30H,1,9-12,29H2,2-4H3/b21-6+. The lowest BCUT2D eigenvalue weighted by Crippen LogP contribution is -2.44. The zero-order chi connectivity index (χ0) is 25.1. The van der Waals surface area contributed by atoms with Crippen LogP contribution in [0.4, 0.5) is 4.39 Å². The van der Waals surface area contributed by atoms with Crippen LogP contribution in [0.5, 0.6) is 11.6 Å². The minimum absolute atomic E-state index is 0.0166. The fraction of sp³-hybridized carbons (Fsp3) is 0.346. The van der Waals surface area contributed by atoms with Crippen molar-refractivity contribution in [3.63, 3.8) is 0 Å². The van der Waals surface area contributed by atoms with Crippen LogP contribution in [-0.4, -0.2) is 45.6 Å². The van der Waals surface area contributed by atoms with E-state index in [4.69, 9.17) is 10.5 Å². The van der Waals surface area contributed by atoms with Crippen LogP contribution in [0.3, 0.4) is 0 Å². The van der Waals surface area contributed by atoms with Crippen molar-refractivity contribution < 1.29 is 9.13 Å². The van der Waals surface area contributed by atoms with Crippen molar-refractivity contribution in [1.82, 2.24) is 24.8 Å². The highest BCUT2D eigenvalue weighted by molar-refractivity contribution is 5.84. The summed E-state index contributed by atoms with van der Waals surface area (Å²) in [5.74, 6) is -0.562. The minimum atomic E-state index is -0.707. The summed E-state index contributed by atoms with van der Waals surface area (Å²) in [5.41, 5.74) is 9.50. The number of nitrogens with zero attached hydrogens (tertiary/aromatic N) is 5. The van der Waals surface area contributed by atoms with Crippen LogP contribution >= 0.6 is 0 Å². The van der Waals surface area contributed by atoms with Gasteiger partial charge in [-0.05, 0) is 45.0 Å². The first-order chi connectivity index (χ1) is 16.9. The fourth-order valence-electron chi connectivity index (χ4n) is 4.64. The molecule has 3 aromatic rings. The molecule has 1 saturated heterocycles. The fourth-order valence-corrected chi connectivity index (χ4v) is 4.64. The number of piperazine rings is 1. The van der Waals surface area contributed by atoms with Crippen molar-refractivity contribution in [3.05, 3.63) is 71.7 Å². The third-order valence-electron chi connectivity index (χ3n) is 6.17. The van der Waals surface area contributed by atoms with Crippen LogP contribution in [-0.2, 0) is 0 Å². The van der Waals surface area contributed by atoms with Gasteiger partial charge >= 0.3 is 0 Å². The Kier molecular flexibility index (Phi) is 7.15. The van der Waals surface area contributed by atoms with E-state index < -0.39 is 11.9 Å². The lowest BCUT2D eigenvalue weighted by molar-refractivity contribution is 0.282. The van der Waals surface area contributed by atoms with E-state index in [0.717, 1.165) is 43.1 Å². The molecule has 1 atom stereocenters. The molecule has 4 rings (SSSR count). The Morgan fingerprint density at radius 2 is 2.06 bits per heavy atom. The third-order valence-corrected chi connectivity index (χ3v) is 6.17. The lowest BCUT2D eigenvalue weighted by atomic mass is 10.0. The average molecular weight is 476 g/mol. The summed E-state index contributed by atoms with van der Waals surface area (Å²) in [6, 6.07) is 6.75. The van der Waals surface area contributed by atoms with Crippen molar-refractivity contribution in [2.45, 2.75) is 32.9 Å². The Bertz CT molecular complexity index is 1320. The molecule has 1 fully saturated rings. The van der Waals surface area contributed by atoms with Crippen LogP contribution in [0.2, 0.25) is 0 Å². The van der Waals surface area contributed by atoms with Crippen LogP contribution in [0, 0.1) is 24.1 Å². The summed E-state index contributed by atoms with van der Waals surface area (Å²) in [5, 5.41) is 13.7. The van der Waals surface area contributed by atoms with Gasteiger partial charge in [0.15, 0.2) is 11.6 Å². The molecular weight excluding hydrogens is 445 g/mol. The molecular formula is C26H30FN7O. The normalized spacial score (nSPS) is 15.3. The molecule has 9 heteroatoms. The summed E-state index contributed by atoms with van der Waals surface area (Å²) in [4.78, 5) is 10.6. The van der Waals surface area contributed by atoms with Crippen LogP contribution in [0.1, 0.15) is 42.9 Å². The number of nitrogens with one attached hydrogen (secondary N) is 1. The molecule has 3 N–H and O–H groups in total. The Hall–Kier alpha value is -3.74. The van der Waals surface area contributed by atoms with E-state index in [1.807, 2.05) is 19.1 Å². The Morgan fingerprint density at radius 3 is 2.71 bits per heavy atom. The SMILES string of the molecule is C=C/C=C(\C(N)c1ncnc(Oc2ccc3c(cc(C)n3C(C)C)c2F)c1C#N)N1CCNCC1. The van der Waals surface area contributed by atoms with E-state index in [9.17, 15) is 5.26 Å². The van der Waals surface area contributed by atoms with Gasteiger partial charge in [-0.1, -0.05) is 12.7 Å². The Labute approximate surface area is 204 Å². The molecule has 1 aromatic carbocycles.